The van der Waals surface area contributed by atoms with Gasteiger partial charge in [0.1, 0.15) is 35.9 Å². The van der Waals surface area contributed by atoms with Gasteiger partial charge >= 0.3 is 0 Å². The van der Waals surface area contributed by atoms with Crippen molar-refractivity contribution in [2.45, 2.75) is 19.0 Å². The summed E-state index contributed by atoms with van der Waals surface area (Å²) < 4.78 is 30.2. The van der Waals surface area contributed by atoms with E-state index in [0.717, 1.165) is 16.7 Å². The zero-order valence-corrected chi connectivity index (χ0v) is 31.9. The molecular formula is C42H44ClN5O8. The Hall–Kier alpha value is -5.47. The van der Waals surface area contributed by atoms with Crippen LogP contribution in [0.3, 0.4) is 0 Å². The number of ether oxygens (including phenoxy) is 5. The Morgan fingerprint density at radius 2 is 1.57 bits per heavy atom. The summed E-state index contributed by atoms with van der Waals surface area (Å²) in [7, 11) is 1.63. The number of carbonyl (C=O) groups excluding carboxylic acids is 3. The molecule has 56 heavy (non-hydrogen) atoms. The van der Waals surface area contributed by atoms with Gasteiger partial charge in [-0.3, -0.25) is 14.4 Å². The minimum atomic E-state index is -0.891. The van der Waals surface area contributed by atoms with Gasteiger partial charge in [0, 0.05) is 31.3 Å². The third kappa shape index (κ3) is 9.14. The standard InChI is InChI=1S/C42H44ClN5O8/c1-46-35-14-12-32(40(49)44-16-18-52-19-20-53-21-22-54-23-24-55-33-13-11-30-9-5-6-10-31(30)25-33)26-37(35)56-28-36(41(46)50)47-17-15-34-38(42(47)51)45-48(39(34)43)27-29-7-3-2-4-8-29/h2-14,25-26,36H,15-24,27-28H2,1H3,(H,44,49)/t36-/m0/s1. The topological polar surface area (TPSA) is 134 Å². The summed E-state index contributed by atoms with van der Waals surface area (Å²) in [6.07, 6.45) is 0.454. The minimum absolute atomic E-state index is 0.0801. The fourth-order valence-electron chi connectivity index (χ4n) is 6.71. The zero-order chi connectivity index (χ0) is 38.9. The lowest BCUT2D eigenvalue weighted by atomic mass is 10.0. The van der Waals surface area contributed by atoms with Crippen LogP contribution in [0.1, 0.15) is 32.0 Å². The second-order valence-corrected chi connectivity index (χ2v) is 13.7. The number of halogens is 1. The number of hydrogen-bond donors (Lipinski definition) is 1. The first-order valence-corrected chi connectivity index (χ1v) is 19.0. The molecule has 13 nitrogen and oxygen atoms in total. The molecule has 3 heterocycles. The molecule has 0 spiro atoms. The number of likely N-dealkylation sites (N-methyl/N-ethyl adjacent to an activating group) is 1. The van der Waals surface area contributed by atoms with E-state index in [-0.39, 0.29) is 36.6 Å². The Morgan fingerprint density at radius 3 is 2.36 bits per heavy atom. The van der Waals surface area contributed by atoms with E-state index < -0.39 is 6.04 Å². The van der Waals surface area contributed by atoms with Crippen LogP contribution in [0.2, 0.25) is 5.15 Å². The highest BCUT2D eigenvalue weighted by Gasteiger charge is 2.41. The molecule has 3 amide bonds. The number of hydrogen-bond acceptors (Lipinski definition) is 9. The van der Waals surface area contributed by atoms with Crippen molar-refractivity contribution < 1.29 is 38.1 Å². The Kier molecular flexibility index (Phi) is 12.8. The average Bonchev–Trinajstić information content (AvgIpc) is 3.48. The number of rotatable bonds is 17. The van der Waals surface area contributed by atoms with Crippen LogP contribution in [-0.4, -0.2) is 111 Å². The van der Waals surface area contributed by atoms with Crippen molar-refractivity contribution in [2.24, 2.45) is 0 Å². The molecule has 0 radical (unpaired) electrons. The van der Waals surface area contributed by atoms with Crippen molar-refractivity contribution in [3.8, 4) is 11.5 Å². The van der Waals surface area contributed by atoms with Gasteiger partial charge in [0.25, 0.3) is 17.7 Å². The van der Waals surface area contributed by atoms with Gasteiger partial charge in [-0.25, -0.2) is 4.68 Å². The number of fused-ring (bicyclic) bond motifs is 3. The number of aromatic nitrogens is 2. The van der Waals surface area contributed by atoms with Gasteiger partial charge in [-0.15, -0.1) is 0 Å². The van der Waals surface area contributed by atoms with Gasteiger partial charge in [0.2, 0.25) is 0 Å². The maximum Gasteiger partial charge on any atom is 0.275 e. The van der Waals surface area contributed by atoms with E-state index in [4.69, 9.17) is 35.3 Å². The van der Waals surface area contributed by atoms with Gasteiger partial charge in [-0.2, -0.15) is 5.10 Å². The smallest absolute Gasteiger partial charge is 0.275 e. The molecule has 2 aliphatic heterocycles. The van der Waals surface area contributed by atoms with Crippen molar-refractivity contribution in [2.75, 3.05) is 77.9 Å². The van der Waals surface area contributed by atoms with Gasteiger partial charge < -0.3 is 38.8 Å². The lowest BCUT2D eigenvalue weighted by molar-refractivity contribution is -0.123. The molecule has 0 fully saturated rings. The molecule has 1 aromatic heterocycles. The number of anilines is 1. The maximum absolute atomic E-state index is 13.7. The molecule has 0 saturated carbocycles. The lowest BCUT2D eigenvalue weighted by Gasteiger charge is -2.33. The predicted octanol–water partition coefficient (Wildman–Crippen LogP) is 5.02. The van der Waals surface area contributed by atoms with Crippen LogP contribution in [0, 0.1) is 0 Å². The SMILES string of the molecule is CN1C(=O)[C@@H](N2CCc3c(nn(Cc4ccccc4)c3Cl)C2=O)COc2cc(C(=O)NCCOCCOCCOCCOc3ccc4ccccc4c3)ccc21. The Balaban J connectivity index is 0.799. The molecule has 292 valence electrons. The summed E-state index contributed by atoms with van der Waals surface area (Å²) in [5.41, 5.74) is 2.78. The Labute approximate surface area is 330 Å². The summed E-state index contributed by atoms with van der Waals surface area (Å²) in [5, 5.41) is 10.1. The first kappa shape index (κ1) is 38.8. The molecule has 1 N–H and O–H groups in total. The van der Waals surface area contributed by atoms with Crippen LogP contribution >= 0.6 is 11.6 Å². The van der Waals surface area contributed by atoms with E-state index in [9.17, 15) is 14.4 Å². The van der Waals surface area contributed by atoms with E-state index in [1.165, 1.54) is 15.2 Å². The molecule has 5 aromatic rings. The van der Waals surface area contributed by atoms with Crippen LogP contribution in [0.15, 0.2) is 91.0 Å². The molecule has 14 heteroatoms. The van der Waals surface area contributed by atoms with E-state index in [2.05, 4.69) is 22.5 Å². The summed E-state index contributed by atoms with van der Waals surface area (Å²) in [5.74, 6) is 0.190. The van der Waals surface area contributed by atoms with Crippen molar-refractivity contribution >= 4 is 45.8 Å². The van der Waals surface area contributed by atoms with Crippen LogP contribution in [0.4, 0.5) is 5.69 Å². The number of nitrogens with one attached hydrogen (secondary N) is 1. The summed E-state index contributed by atoms with van der Waals surface area (Å²) >= 11 is 6.66. The predicted molar refractivity (Wildman–Crippen MR) is 211 cm³/mol. The van der Waals surface area contributed by atoms with Crippen LogP contribution in [0.5, 0.6) is 11.5 Å². The first-order valence-electron chi connectivity index (χ1n) is 18.6. The number of benzene rings is 4. The second-order valence-electron chi connectivity index (χ2n) is 13.4. The highest BCUT2D eigenvalue weighted by atomic mass is 35.5. The quantitative estimate of drug-likeness (QED) is 0.129. The zero-order valence-electron chi connectivity index (χ0n) is 31.2. The van der Waals surface area contributed by atoms with Gasteiger partial charge in [0.05, 0.1) is 51.9 Å². The number of carbonyl (C=O) groups is 3. The van der Waals surface area contributed by atoms with E-state index in [1.54, 1.807) is 29.9 Å². The second kappa shape index (κ2) is 18.4. The molecule has 1 atom stereocenters. The molecule has 7 rings (SSSR count). The first-order chi connectivity index (χ1) is 27.4. The third-order valence-corrected chi connectivity index (χ3v) is 10.1. The molecule has 0 aliphatic carbocycles. The van der Waals surface area contributed by atoms with Crippen molar-refractivity contribution in [3.63, 3.8) is 0 Å². The minimum Gasteiger partial charge on any atom is -0.491 e. The van der Waals surface area contributed by atoms with E-state index in [0.29, 0.717) is 93.5 Å². The molecule has 0 unspecified atom stereocenters. The highest BCUT2D eigenvalue weighted by Crippen LogP contribution is 2.34. The average molecular weight is 782 g/mol. The third-order valence-electron chi connectivity index (χ3n) is 9.69. The summed E-state index contributed by atoms with van der Waals surface area (Å²) in [6.45, 7) is 3.78. The fraction of sp³-hybridized carbons (Fsp3) is 0.333. The van der Waals surface area contributed by atoms with Gasteiger partial charge in [-0.05, 0) is 53.1 Å². The molecular weight excluding hydrogens is 738 g/mol. The van der Waals surface area contributed by atoms with Crippen molar-refractivity contribution in [1.29, 1.82) is 0 Å². The van der Waals surface area contributed by atoms with E-state index in [1.807, 2.05) is 60.7 Å². The summed E-state index contributed by atoms with van der Waals surface area (Å²) in [4.78, 5) is 43.4. The normalized spacial score (nSPS) is 15.3. The fourth-order valence-corrected chi connectivity index (χ4v) is 6.99. The highest BCUT2D eigenvalue weighted by molar-refractivity contribution is 6.31. The largest absolute Gasteiger partial charge is 0.491 e. The maximum atomic E-state index is 13.7. The van der Waals surface area contributed by atoms with Crippen molar-refractivity contribution in [3.05, 3.63) is 119 Å². The molecule has 4 aromatic carbocycles. The lowest BCUT2D eigenvalue weighted by Crippen LogP contribution is -2.54. The van der Waals surface area contributed by atoms with Crippen LogP contribution < -0.4 is 19.7 Å². The monoisotopic (exact) mass is 781 g/mol. The molecule has 2 aliphatic rings. The van der Waals surface area contributed by atoms with Gasteiger partial charge in [-0.1, -0.05) is 72.3 Å². The van der Waals surface area contributed by atoms with Crippen LogP contribution in [0.25, 0.3) is 10.8 Å². The Morgan fingerprint density at radius 1 is 0.857 bits per heavy atom. The van der Waals surface area contributed by atoms with Crippen LogP contribution in [-0.2, 0) is 32.0 Å². The summed E-state index contributed by atoms with van der Waals surface area (Å²) in [6, 6.07) is 27.9. The molecule has 0 bridgehead atoms. The number of nitrogens with zero attached hydrogens (tertiary/aromatic N) is 4. The molecule has 0 saturated heterocycles. The van der Waals surface area contributed by atoms with Gasteiger partial charge in [0.15, 0.2) is 5.69 Å². The number of amides is 3. The van der Waals surface area contributed by atoms with E-state index >= 15 is 0 Å². The Bertz CT molecular complexity index is 2160. The van der Waals surface area contributed by atoms with Crippen molar-refractivity contribution in [1.82, 2.24) is 20.0 Å².